The van der Waals surface area contributed by atoms with E-state index >= 15 is 0 Å². The van der Waals surface area contributed by atoms with Crippen molar-refractivity contribution in [3.8, 4) is 5.75 Å². The van der Waals surface area contributed by atoms with Crippen molar-refractivity contribution in [1.82, 2.24) is 5.32 Å². The van der Waals surface area contributed by atoms with Gasteiger partial charge in [-0.05, 0) is 76.8 Å². The molecule has 8 heteroatoms. The van der Waals surface area contributed by atoms with Gasteiger partial charge in [0.15, 0.2) is 0 Å². The summed E-state index contributed by atoms with van der Waals surface area (Å²) >= 11 is 5.78. The maximum Gasteiger partial charge on any atom is 0.307 e. The van der Waals surface area contributed by atoms with E-state index in [2.05, 4.69) is 5.32 Å². The molecule has 0 spiro atoms. The number of aliphatic hydroxyl groups is 1. The average Bonchev–Trinajstić information content (AvgIpc) is 3.57. The Balaban J connectivity index is 1.38. The van der Waals surface area contributed by atoms with Gasteiger partial charge >= 0.3 is 5.97 Å². The molecule has 202 valence electrons. The van der Waals surface area contributed by atoms with Crippen molar-refractivity contribution < 1.29 is 28.9 Å². The molecule has 1 saturated carbocycles. The van der Waals surface area contributed by atoms with Crippen molar-refractivity contribution >= 4 is 17.6 Å². The van der Waals surface area contributed by atoms with Gasteiger partial charge in [0.25, 0.3) is 0 Å². The molecule has 4 rings (SSSR count). The van der Waals surface area contributed by atoms with Crippen LogP contribution in [0.2, 0.25) is 5.02 Å². The number of aliphatic carboxylic acids is 1. The topological polar surface area (TPSA) is 88.0 Å². The number of halogens is 2. The van der Waals surface area contributed by atoms with Crippen molar-refractivity contribution in [3.05, 3.63) is 63.4 Å². The van der Waals surface area contributed by atoms with Gasteiger partial charge in [0.05, 0.1) is 29.8 Å². The fraction of sp³-hybridized carbons (Fsp3) is 0.552. The highest BCUT2D eigenvalue weighted by Crippen LogP contribution is 2.66. The first-order valence-corrected chi connectivity index (χ1v) is 13.1. The number of carboxylic acids is 1. The molecular weight excluding hydrogens is 497 g/mol. The van der Waals surface area contributed by atoms with Crippen molar-refractivity contribution in [2.75, 3.05) is 13.2 Å². The van der Waals surface area contributed by atoms with Gasteiger partial charge in [0.2, 0.25) is 0 Å². The zero-order chi connectivity index (χ0) is 27.3. The van der Waals surface area contributed by atoms with E-state index in [0.717, 1.165) is 28.0 Å². The number of rotatable bonds is 10. The molecule has 0 amide bonds. The van der Waals surface area contributed by atoms with E-state index in [1.807, 2.05) is 53.7 Å². The molecule has 5 atom stereocenters. The molecule has 0 radical (unpaired) electrons. The molecule has 4 unspecified atom stereocenters. The first-order valence-electron chi connectivity index (χ1n) is 12.8. The quantitative estimate of drug-likeness (QED) is 0.378. The Morgan fingerprint density at radius 3 is 2.65 bits per heavy atom. The van der Waals surface area contributed by atoms with Gasteiger partial charge in [-0.2, -0.15) is 0 Å². The van der Waals surface area contributed by atoms with Gasteiger partial charge in [0, 0.05) is 29.5 Å². The van der Waals surface area contributed by atoms with E-state index in [1.165, 1.54) is 6.07 Å². The average molecular weight is 534 g/mol. The Morgan fingerprint density at radius 2 is 2.00 bits per heavy atom. The molecule has 1 fully saturated rings. The van der Waals surface area contributed by atoms with Crippen LogP contribution in [-0.2, 0) is 16.0 Å². The Morgan fingerprint density at radius 1 is 1.30 bits per heavy atom. The van der Waals surface area contributed by atoms with Crippen LogP contribution in [-0.4, -0.2) is 46.6 Å². The lowest BCUT2D eigenvalue weighted by Crippen LogP contribution is -2.46. The number of fused-ring (bicyclic) bond motifs is 3. The second kappa shape index (κ2) is 10.2. The minimum absolute atomic E-state index is 0.0867. The van der Waals surface area contributed by atoms with Crippen LogP contribution in [0.3, 0.4) is 0 Å². The maximum atomic E-state index is 13.8. The number of carboxylic acid groups (broad SMARTS) is 1. The predicted molar refractivity (Wildman–Crippen MR) is 141 cm³/mol. The molecule has 1 heterocycles. The summed E-state index contributed by atoms with van der Waals surface area (Å²) in [5.74, 6) is -1.16. The highest BCUT2D eigenvalue weighted by atomic mass is 35.5. The Hall–Kier alpha value is -2.19. The molecule has 1 aliphatic carbocycles. The third-order valence-corrected chi connectivity index (χ3v) is 7.96. The van der Waals surface area contributed by atoms with Crippen LogP contribution < -0.4 is 10.1 Å². The highest BCUT2D eigenvalue weighted by molar-refractivity contribution is 6.30. The van der Waals surface area contributed by atoms with E-state index in [0.29, 0.717) is 13.0 Å². The number of aryl methyl sites for hydroxylation is 1. The van der Waals surface area contributed by atoms with Gasteiger partial charge in [0.1, 0.15) is 17.2 Å². The van der Waals surface area contributed by atoms with Gasteiger partial charge in [-0.25, -0.2) is 4.39 Å². The highest BCUT2D eigenvalue weighted by Gasteiger charge is 2.67. The summed E-state index contributed by atoms with van der Waals surface area (Å²) in [7, 11) is 0. The predicted octanol–water partition coefficient (Wildman–Crippen LogP) is 5.42. The largest absolute Gasteiger partial charge is 0.487 e. The number of hydrogen-bond donors (Lipinski definition) is 3. The van der Waals surface area contributed by atoms with Gasteiger partial charge in [-0.1, -0.05) is 29.8 Å². The van der Waals surface area contributed by atoms with Crippen molar-refractivity contribution in [3.63, 3.8) is 0 Å². The first kappa shape index (κ1) is 27.8. The molecule has 0 bridgehead atoms. The summed E-state index contributed by atoms with van der Waals surface area (Å²) in [6.45, 7) is 12.2. The standard InChI is InChI=1S/C29H37ClFNO5/c1-15-7-9-19(22-23-24(27(34)35)25(23)29(5,6)37-26(15)22)16(2)36-14-18(33)13-32-28(3,4)12-17-8-10-20(30)21(31)11-17/h7-11,16,18,23-25,32-33H,12-14H2,1-6H3,(H,34,35)/t16?,18-,23?,24?,25?/m1/s1. The van der Waals surface area contributed by atoms with Crippen LogP contribution in [0.5, 0.6) is 5.75 Å². The van der Waals surface area contributed by atoms with Crippen LogP contribution in [0.15, 0.2) is 30.3 Å². The summed E-state index contributed by atoms with van der Waals surface area (Å²) in [5.41, 5.74) is 2.67. The summed E-state index contributed by atoms with van der Waals surface area (Å²) in [5, 5.41) is 23.8. The monoisotopic (exact) mass is 533 g/mol. The number of benzene rings is 2. The third kappa shape index (κ3) is 5.80. The lowest BCUT2D eigenvalue weighted by molar-refractivity contribution is -0.139. The van der Waals surface area contributed by atoms with Gasteiger partial charge in [-0.3, -0.25) is 4.79 Å². The van der Waals surface area contributed by atoms with Crippen molar-refractivity contribution in [1.29, 1.82) is 0 Å². The van der Waals surface area contributed by atoms with Gasteiger partial charge in [-0.15, -0.1) is 0 Å². The molecule has 37 heavy (non-hydrogen) atoms. The molecule has 2 aromatic carbocycles. The summed E-state index contributed by atoms with van der Waals surface area (Å²) in [6, 6.07) is 8.73. The lowest BCUT2D eigenvalue weighted by Gasteiger charge is -2.35. The van der Waals surface area contributed by atoms with E-state index in [-0.39, 0.29) is 35.1 Å². The zero-order valence-corrected chi connectivity index (χ0v) is 23.0. The van der Waals surface area contributed by atoms with Crippen LogP contribution in [0.1, 0.15) is 68.9 Å². The van der Waals surface area contributed by atoms with Crippen LogP contribution in [0.4, 0.5) is 4.39 Å². The van der Waals surface area contributed by atoms with E-state index < -0.39 is 29.4 Å². The van der Waals surface area contributed by atoms with Crippen molar-refractivity contribution in [2.45, 2.75) is 77.2 Å². The summed E-state index contributed by atoms with van der Waals surface area (Å²) in [6.07, 6.45) is -0.556. The second-order valence-electron chi connectivity index (χ2n) is 11.7. The molecule has 2 aromatic rings. The minimum Gasteiger partial charge on any atom is -0.487 e. The van der Waals surface area contributed by atoms with Crippen LogP contribution >= 0.6 is 11.6 Å². The third-order valence-electron chi connectivity index (χ3n) is 7.66. The molecule has 0 aromatic heterocycles. The van der Waals surface area contributed by atoms with E-state index in [9.17, 15) is 19.4 Å². The lowest BCUT2D eigenvalue weighted by atomic mass is 9.88. The summed E-state index contributed by atoms with van der Waals surface area (Å²) < 4.78 is 26.2. The smallest absolute Gasteiger partial charge is 0.307 e. The molecule has 6 nitrogen and oxygen atoms in total. The Labute approximate surface area is 223 Å². The molecular formula is C29H37ClFNO5. The number of hydrogen-bond acceptors (Lipinski definition) is 5. The number of ether oxygens (including phenoxy) is 2. The SMILES string of the molecule is Cc1ccc(C(C)OC[C@H](O)CNC(C)(C)Cc2ccc(Cl)c(F)c2)c2c1OC(C)(C)C1C(C(=O)O)C21. The number of β-amino-alcohol motifs (C(OH)–C–C–N with tert-alkyl or cyclic N) is 1. The fourth-order valence-electron chi connectivity index (χ4n) is 5.75. The maximum absolute atomic E-state index is 13.8. The van der Waals surface area contributed by atoms with Gasteiger partial charge < -0.3 is 25.0 Å². The van der Waals surface area contributed by atoms with E-state index in [1.54, 1.807) is 12.1 Å². The Bertz CT molecular complexity index is 1180. The normalized spacial score (nSPS) is 23.4. The van der Waals surface area contributed by atoms with Crippen molar-refractivity contribution in [2.24, 2.45) is 11.8 Å². The molecule has 3 N–H and O–H groups in total. The van der Waals surface area contributed by atoms with Crippen LogP contribution in [0.25, 0.3) is 0 Å². The number of aliphatic hydroxyl groups excluding tert-OH is 1. The first-order chi connectivity index (χ1) is 17.2. The zero-order valence-electron chi connectivity index (χ0n) is 22.3. The molecule has 1 aliphatic heterocycles. The fourth-order valence-corrected chi connectivity index (χ4v) is 5.87. The minimum atomic E-state index is -0.800. The van der Waals surface area contributed by atoms with Crippen LogP contribution in [0, 0.1) is 24.6 Å². The second-order valence-corrected chi connectivity index (χ2v) is 12.1. The number of carbonyl (C=O) groups is 1. The van der Waals surface area contributed by atoms with E-state index in [4.69, 9.17) is 21.1 Å². The number of nitrogens with one attached hydrogen (secondary N) is 1. The Kier molecular flexibility index (Phi) is 7.65. The summed E-state index contributed by atoms with van der Waals surface area (Å²) in [4.78, 5) is 12.0. The molecule has 0 saturated heterocycles. The molecule has 2 aliphatic rings.